The van der Waals surface area contributed by atoms with E-state index in [2.05, 4.69) is 10.0 Å². The Kier molecular flexibility index (Phi) is 6.79. The van der Waals surface area contributed by atoms with Crippen LogP contribution in [0.15, 0.2) is 35.4 Å². The highest BCUT2D eigenvalue weighted by Gasteiger charge is 2.36. The predicted molar refractivity (Wildman–Crippen MR) is 117 cm³/mol. The molecule has 2 saturated heterocycles. The number of Topliss-reactive ketones (excluding diaryl/α,β-unsaturated/α-hetero) is 1. The van der Waals surface area contributed by atoms with Crippen LogP contribution in [-0.4, -0.2) is 79.2 Å². The van der Waals surface area contributed by atoms with E-state index in [1.165, 1.54) is 6.42 Å². The molecule has 3 heterocycles. The second-order valence-corrected chi connectivity index (χ2v) is 8.54. The summed E-state index contributed by atoms with van der Waals surface area (Å²) in [6.07, 6.45) is 3.67. The summed E-state index contributed by atoms with van der Waals surface area (Å²) in [5, 5.41) is 6.29. The molecule has 0 bridgehead atoms. The fraction of sp³-hybridized carbons (Fsp3) is 0.609. The van der Waals surface area contributed by atoms with Crippen molar-refractivity contribution in [1.82, 2.24) is 9.80 Å². The second-order valence-electron chi connectivity index (χ2n) is 8.54. The number of ether oxygens (including phenoxy) is 1. The van der Waals surface area contributed by atoms with Crippen molar-refractivity contribution in [2.75, 3.05) is 50.9 Å². The number of morpholine rings is 1. The number of hydrazone groups is 1. The lowest BCUT2D eigenvalue weighted by Crippen LogP contribution is -2.43. The fourth-order valence-corrected chi connectivity index (χ4v) is 4.57. The van der Waals surface area contributed by atoms with Gasteiger partial charge in [0.2, 0.25) is 0 Å². The van der Waals surface area contributed by atoms with E-state index in [9.17, 15) is 9.59 Å². The Balaban J connectivity index is 1.31. The number of ketones is 1. The van der Waals surface area contributed by atoms with Gasteiger partial charge in [0.15, 0.2) is 5.78 Å². The Bertz CT molecular complexity index is 768. The van der Waals surface area contributed by atoms with E-state index in [0.29, 0.717) is 18.1 Å². The third-order valence-corrected chi connectivity index (χ3v) is 6.51. The molecular weight excluding hydrogens is 380 g/mol. The van der Waals surface area contributed by atoms with Crippen LogP contribution < -0.4 is 5.01 Å². The van der Waals surface area contributed by atoms with Gasteiger partial charge in [-0.1, -0.05) is 18.2 Å². The van der Waals surface area contributed by atoms with Gasteiger partial charge in [-0.3, -0.25) is 19.5 Å². The smallest absolute Gasteiger partial charge is 0.270 e. The van der Waals surface area contributed by atoms with Crippen molar-refractivity contribution in [3.63, 3.8) is 0 Å². The van der Waals surface area contributed by atoms with Gasteiger partial charge in [0.05, 0.1) is 18.9 Å². The number of nitrogens with zero attached hydrogens (tertiary/aromatic N) is 4. The molecule has 2 fully saturated rings. The summed E-state index contributed by atoms with van der Waals surface area (Å²) >= 11 is 0. The van der Waals surface area contributed by atoms with E-state index in [0.717, 1.165) is 64.5 Å². The molecule has 0 saturated carbocycles. The normalized spacial score (nSPS) is 23.5. The van der Waals surface area contributed by atoms with Crippen LogP contribution >= 0.6 is 0 Å². The highest BCUT2D eigenvalue weighted by molar-refractivity contribution is 6.40. The largest absolute Gasteiger partial charge is 0.379 e. The highest BCUT2D eigenvalue weighted by Crippen LogP contribution is 2.27. The zero-order valence-corrected chi connectivity index (χ0v) is 17.8. The number of anilines is 1. The van der Waals surface area contributed by atoms with Gasteiger partial charge in [-0.2, -0.15) is 5.10 Å². The number of amides is 1. The van der Waals surface area contributed by atoms with Crippen molar-refractivity contribution >= 4 is 23.1 Å². The summed E-state index contributed by atoms with van der Waals surface area (Å²) in [5.41, 5.74) is 1.35. The van der Waals surface area contributed by atoms with Crippen LogP contribution in [-0.2, 0) is 14.3 Å². The molecule has 0 radical (unpaired) electrons. The van der Waals surface area contributed by atoms with Gasteiger partial charge in [-0.25, -0.2) is 0 Å². The molecular formula is C23H32N4O3. The predicted octanol–water partition coefficient (Wildman–Crippen LogP) is 2.17. The van der Waals surface area contributed by atoms with Gasteiger partial charge < -0.3 is 9.64 Å². The molecule has 4 rings (SSSR count). The second kappa shape index (κ2) is 9.71. The van der Waals surface area contributed by atoms with Crippen LogP contribution in [0, 0.1) is 5.92 Å². The number of carbonyl (C=O) groups excluding carboxylic acids is 2. The summed E-state index contributed by atoms with van der Waals surface area (Å²) in [7, 11) is 0. The van der Waals surface area contributed by atoms with Crippen LogP contribution in [0.25, 0.3) is 0 Å². The van der Waals surface area contributed by atoms with Crippen molar-refractivity contribution in [3.8, 4) is 0 Å². The summed E-state index contributed by atoms with van der Waals surface area (Å²) in [4.78, 5) is 29.7. The highest BCUT2D eigenvalue weighted by atomic mass is 16.5. The maximum absolute atomic E-state index is 13.1. The Morgan fingerprint density at radius 3 is 2.43 bits per heavy atom. The average Bonchev–Trinajstić information content (AvgIpc) is 3.25. The molecule has 1 aromatic carbocycles. The maximum atomic E-state index is 13.1. The first-order valence-electron chi connectivity index (χ1n) is 11.1. The van der Waals surface area contributed by atoms with Gasteiger partial charge in [0.25, 0.3) is 5.91 Å². The van der Waals surface area contributed by atoms with Crippen molar-refractivity contribution in [2.24, 2.45) is 11.0 Å². The average molecular weight is 413 g/mol. The fourth-order valence-electron chi connectivity index (χ4n) is 4.57. The molecule has 1 unspecified atom stereocenters. The monoisotopic (exact) mass is 412 g/mol. The topological polar surface area (TPSA) is 65.5 Å². The third kappa shape index (κ3) is 4.90. The van der Waals surface area contributed by atoms with Gasteiger partial charge in [0.1, 0.15) is 11.8 Å². The number of piperidine rings is 1. The minimum absolute atomic E-state index is 0.00805. The number of likely N-dealkylation sites (tertiary alicyclic amines) is 1. The Morgan fingerprint density at radius 1 is 1.07 bits per heavy atom. The standard InChI is InChI=1S/C23H32N4O3/c1-18(28)22-17-21(24-27(22)20-5-3-2-4-6-20)23(29)26-11-8-19(9-12-26)7-10-25-13-15-30-16-14-25/h2-6,19,22H,7-17H2,1H3. The van der Waals surface area contributed by atoms with Crippen molar-refractivity contribution < 1.29 is 14.3 Å². The number of hydrogen-bond acceptors (Lipinski definition) is 6. The van der Waals surface area contributed by atoms with E-state index in [4.69, 9.17) is 4.74 Å². The summed E-state index contributed by atoms with van der Waals surface area (Å²) < 4.78 is 5.42. The van der Waals surface area contributed by atoms with E-state index >= 15 is 0 Å². The molecule has 1 aromatic rings. The zero-order valence-electron chi connectivity index (χ0n) is 17.8. The van der Waals surface area contributed by atoms with Crippen LogP contribution in [0.2, 0.25) is 0 Å². The number of rotatable bonds is 6. The molecule has 1 atom stereocenters. The Morgan fingerprint density at radius 2 is 1.77 bits per heavy atom. The SMILES string of the molecule is CC(=O)C1CC(C(=O)N2CCC(CCN3CCOCC3)CC2)=NN1c1ccccc1. The van der Waals surface area contributed by atoms with Gasteiger partial charge >= 0.3 is 0 Å². The first-order valence-corrected chi connectivity index (χ1v) is 11.1. The molecule has 7 nitrogen and oxygen atoms in total. The minimum Gasteiger partial charge on any atom is -0.379 e. The number of benzene rings is 1. The maximum Gasteiger partial charge on any atom is 0.270 e. The summed E-state index contributed by atoms with van der Waals surface area (Å²) in [6, 6.07) is 9.23. The zero-order chi connectivity index (χ0) is 20.9. The first kappa shape index (κ1) is 21.0. The van der Waals surface area contributed by atoms with Crippen molar-refractivity contribution in [1.29, 1.82) is 0 Å². The molecule has 0 spiro atoms. The van der Waals surface area contributed by atoms with Gasteiger partial charge in [0, 0.05) is 32.6 Å². The third-order valence-electron chi connectivity index (χ3n) is 6.51. The van der Waals surface area contributed by atoms with Crippen LogP contribution in [0.5, 0.6) is 0 Å². The van der Waals surface area contributed by atoms with E-state index < -0.39 is 6.04 Å². The van der Waals surface area contributed by atoms with E-state index in [1.807, 2.05) is 35.2 Å². The van der Waals surface area contributed by atoms with Crippen molar-refractivity contribution in [3.05, 3.63) is 30.3 Å². The number of carbonyl (C=O) groups is 2. The number of para-hydroxylation sites is 1. The summed E-state index contributed by atoms with van der Waals surface area (Å²) in [6.45, 7) is 8.01. The lowest BCUT2D eigenvalue weighted by atomic mass is 9.93. The lowest BCUT2D eigenvalue weighted by molar-refractivity contribution is -0.125. The molecule has 30 heavy (non-hydrogen) atoms. The van der Waals surface area contributed by atoms with Crippen molar-refractivity contribution in [2.45, 2.75) is 38.6 Å². The molecule has 7 heteroatoms. The molecule has 0 aliphatic carbocycles. The van der Waals surface area contributed by atoms with E-state index in [1.54, 1.807) is 11.9 Å². The number of hydrogen-bond donors (Lipinski definition) is 0. The minimum atomic E-state index is -0.391. The molecule has 0 N–H and O–H groups in total. The van der Waals surface area contributed by atoms with E-state index in [-0.39, 0.29) is 11.7 Å². The lowest BCUT2D eigenvalue weighted by Gasteiger charge is -2.34. The molecule has 3 aliphatic heterocycles. The molecule has 0 aromatic heterocycles. The molecule has 3 aliphatic rings. The van der Waals surface area contributed by atoms with Gasteiger partial charge in [-0.05, 0) is 50.8 Å². The summed E-state index contributed by atoms with van der Waals surface area (Å²) in [5.74, 6) is 0.701. The van der Waals surface area contributed by atoms with Crippen LogP contribution in [0.4, 0.5) is 5.69 Å². The Hall–Kier alpha value is -2.25. The molecule has 162 valence electrons. The molecule has 1 amide bonds. The quantitative estimate of drug-likeness (QED) is 0.717. The van der Waals surface area contributed by atoms with Crippen LogP contribution in [0.1, 0.15) is 32.6 Å². The Labute approximate surface area is 178 Å². The van der Waals surface area contributed by atoms with Gasteiger partial charge in [-0.15, -0.1) is 0 Å². The van der Waals surface area contributed by atoms with Crippen LogP contribution in [0.3, 0.4) is 0 Å². The first-order chi connectivity index (χ1) is 14.6.